The number of nitrogen functional groups attached to an aromatic ring is 1. The van der Waals surface area contributed by atoms with Gasteiger partial charge in [0.1, 0.15) is 5.75 Å². The van der Waals surface area contributed by atoms with E-state index in [-0.39, 0.29) is 22.3 Å². The molecule has 2 aromatic carbocycles. The molecule has 0 aromatic heterocycles. The van der Waals surface area contributed by atoms with E-state index in [4.69, 9.17) is 33.7 Å². The lowest BCUT2D eigenvalue weighted by Gasteiger charge is -2.09. The van der Waals surface area contributed by atoms with E-state index in [0.29, 0.717) is 11.4 Å². The van der Waals surface area contributed by atoms with E-state index in [1.54, 1.807) is 24.3 Å². The molecule has 0 unspecified atom stereocenters. The Morgan fingerprint density at radius 2 is 1.76 bits per heavy atom. The van der Waals surface area contributed by atoms with E-state index in [0.717, 1.165) is 0 Å². The zero-order valence-corrected chi connectivity index (χ0v) is 12.2. The second-order valence-electron chi connectivity index (χ2n) is 4.16. The van der Waals surface area contributed by atoms with Gasteiger partial charge in [0.2, 0.25) is 0 Å². The summed E-state index contributed by atoms with van der Waals surface area (Å²) in [5.41, 5.74) is 6.42. The predicted molar refractivity (Wildman–Crippen MR) is 81.4 cm³/mol. The van der Waals surface area contributed by atoms with Crippen molar-refractivity contribution in [2.45, 2.75) is 0 Å². The molecule has 3 N–H and O–H groups in total. The van der Waals surface area contributed by atoms with Gasteiger partial charge in [-0.15, -0.1) is 0 Å². The summed E-state index contributed by atoms with van der Waals surface area (Å²) in [7, 11) is 0. The molecule has 4 nitrogen and oxygen atoms in total. The zero-order chi connectivity index (χ0) is 15.4. The van der Waals surface area contributed by atoms with Crippen LogP contribution in [0.5, 0.6) is 5.75 Å². The maximum absolute atomic E-state index is 13.2. The van der Waals surface area contributed by atoms with Gasteiger partial charge in [-0.05, 0) is 36.4 Å². The van der Waals surface area contributed by atoms with Crippen LogP contribution in [0.15, 0.2) is 36.4 Å². The van der Waals surface area contributed by atoms with Gasteiger partial charge < -0.3 is 15.8 Å². The summed E-state index contributed by atoms with van der Waals surface area (Å²) < 4.78 is 18.5. The predicted octanol–water partition coefficient (Wildman–Crippen LogP) is 3.73. The standard InChI is InChI=1S/C14H11Cl2FN2O2/c15-11-5-9(6-12(16)14(11)17)19-13(20)7-21-10-3-1-8(18)2-4-10/h1-6H,7,18H2,(H,19,20). The molecule has 1 amide bonds. The first-order valence-electron chi connectivity index (χ1n) is 5.88. The number of anilines is 2. The zero-order valence-electron chi connectivity index (χ0n) is 10.7. The fraction of sp³-hybridized carbons (Fsp3) is 0.0714. The van der Waals surface area contributed by atoms with Crippen molar-refractivity contribution < 1.29 is 13.9 Å². The fourth-order valence-electron chi connectivity index (χ4n) is 1.54. The van der Waals surface area contributed by atoms with Gasteiger partial charge in [0, 0.05) is 11.4 Å². The Balaban J connectivity index is 1.94. The highest BCUT2D eigenvalue weighted by atomic mass is 35.5. The largest absolute Gasteiger partial charge is 0.484 e. The molecule has 0 aliphatic heterocycles. The minimum Gasteiger partial charge on any atom is -0.484 e. The number of rotatable bonds is 4. The lowest BCUT2D eigenvalue weighted by Crippen LogP contribution is -2.20. The van der Waals surface area contributed by atoms with Crippen molar-refractivity contribution in [2.24, 2.45) is 0 Å². The Hall–Kier alpha value is -1.98. The smallest absolute Gasteiger partial charge is 0.262 e. The molecule has 21 heavy (non-hydrogen) atoms. The Kier molecular flexibility index (Phi) is 4.88. The lowest BCUT2D eigenvalue weighted by atomic mass is 10.3. The van der Waals surface area contributed by atoms with Gasteiger partial charge in [-0.3, -0.25) is 4.79 Å². The molecule has 2 aromatic rings. The van der Waals surface area contributed by atoms with Gasteiger partial charge in [0.05, 0.1) is 10.0 Å². The number of nitrogens with two attached hydrogens (primary N) is 1. The molecule has 110 valence electrons. The van der Waals surface area contributed by atoms with Crippen molar-refractivity contribution >= 4 is 40.5 Å². The summed E-state index contributed by atoms with van der Waals surface area (Å²) in [5.74, 6) is -0.644. The molecule has 0 spiro atoms. The van der Waals surface area contributed by atoms with Crippen molar-refractivity contribution in [3.05, 3.63) is 52.3 Å². The number of hydrogen-bond donors (Lipinski definition) is 2. The van der Waals surface area contributed by atoms with Crippen LogP contribution in [0.4, 0.5) is 15.8 Å². The average molecular weight is 329 g/mol. The first-order chi connectivity index (χ1) is 9.95. The minimum atomic E-state index is -0.727. The number of benzene rings is 2. The lowest BCUT2D eigenvalue weighted by molar-refractivity contribution is -0.118. The third kappa shape index (κ3) is 4.24. The molecule has 0 aliphatic rings. The normalized spacial score (nSPS) is 10.2. The molecule has 0 radical (unpaired) electrons. The van der Waals surface area contributed by atoms with Crippen LogP contribution in [0.25, 0.3) is 0 Å². The SMILES string of the molecule is Nc1ccc(OCC(=O)Nc2cc(Cl)c(F)c(Cl)c2)cc1. The number of carbonyl (C=O) groups excluding carboxylic acids is 1. The topological polar surface area (TPSA) is 64.3 Å². The molecule has 0 aliphatic carbocycles. The molecule has 0 atom stereocenters. The number of amides is 1. The van der Waals surface area contributed by atoms with Crippen molar-refractivity contribution in [1.29, 1.82) is 0 Å². The summed E-state index contributed by atoms with van der Waals surface area (Å²) in [6.45, 7) is -0.212. The highest BCUT2D eigenvalue weighted by Gasteiger charge is 2.10. The van der Waals surface area contributed by atoms with Crippen LogP contribution in [-0.4, -0.2) is 12.5 Å². The van der Waals surface area contributed by atoms with E-state index in [9.17, 15) is 9.18 Å². The third-order valence-corrected chi connectivity index (χ3v) is 3.07. The van der Waals surface area contributed by atoms with Gasteiger partial charge in [0.25, 0.3) is 5.91 Å². The summed E-state index contributed by atoms with van der Waals surface area (Å²) in [6.07, 6.45) is 0. The molecular weight excluding hydrogens is 318 g/mol. The molecule has 0 heterocycles. The van der Waals surface area contributed by atoms with E-state index >= 15 is 0 Å². The maximum Gasteiger partial charge on any atom is 0.262 e. The summed E-state index contributed by atoms with van der Waals surface area (Å²) in [4.78, 5) is 11.7. The number of carbonyl (C=O) groups is 1. The van der Waals surface area contributed by atoms with E-state index < -0.39 is 11.7 Å². The maximum atomic E-state index is 13.2. The van der Waals surface area contributed by atoms with Crippen LogP contribution in [0.3, 0.4) is 0 Å². The van der Waals surface area contributed by atoms with E-state index in [1.807, 2.05) is 0 Å². The van der Waals surface area contributed by atoms with Crippen LogP contribution in [-0.2, 0) is 4.79 Å². The average Bonchev–Trinajstić information content (AvgIpc) is 2.44. The number of hydrogen-bond acceptors (Lipinski definition) is 3. The van der Waals surface area contributed by atoms with Crippen molar-refractivity contribution in [1.82, 2.24) is 0 Å². The van der Waals surface area contributed by atoms with Crippen molar-refractivity contribution in [3.8, 4) is 5.75 Å². The number of ether oxygens (including phenoxy) is 1. The molecule has 0 bridgehead atoms. The monoisotopic (exact) mass is 328 g/mol. The minimum absolute atomic E-state index is 0.169. The Morgan fingerprint density at radius 3 is 2.33 bits per heavy atom. The van der Waals surface area contributed by atoms with Crippen molar-refractivity contribution in [3.63, 3.8) is 0 Å². The molecular formula is C14H11Cl2FN2O2. The highest BCUT2D eigenvalue weighted by molar-refractivity contribution is 6.35. The van der Waals surface area contributed by atoms with Gasteiger partial charge in [-0.1, -0.05) is 23.2 Å². The Labute approximate surface area is 130 Å². The summed E-state index contributed by atoms with van der Waals surface area (Å²) in [5, 5.41) is 2.17. The van der Waals surface area contributed by atoms with Crippen LogP contribution in [0.2, 0.25) is 10.0 Å². The van der Waals surface area contributed by atoms with Crippen LogP contribution >= 0.6 is 23.2 Å². The number of halogens is 3. The van der Waals surface area contributed by atoms with Gasteiger partial charge >= 0.3 is 0 Å². The van der Waals surface area contributed by atoms with Gasteiger partial charge in [-0.2, -0.15) is 0 Å². The van der Waals surface area contributed by atoms with Crippen LogP contribution in [0, 0.1) is 5.82 Å². The van der Waals surface area contributed by atoms with Gasteiger partial charge in [-0.25, -0.2) is 4.39 Å². The quantitative estimate of drug-likeness (QED) is 0.663. The van der Waals surface area contributed by atoms with Crippen LogP contribution in [0.1, 0.15) is 0 Å². The molecule has 0 fully saturated rings. The molecule has 0 saturated carbocycles. The second kappa shape index (κ2) is 6.65. The molecule has 2 rings (SSSR count). The third-order valence-electron chi connectivity index (χ3n) is 2.52. The Morgan fingerprint density at radius 1 is 1.19 bits per heavy atom. The summed E-state index contributed by atoms with van der Waals surface area (Å²) >= 11 is 11.3. The van der Waals surface area contributed by atoms with Crippen LogP contribution < -0.4 is 15.8 Å². The van der Waals surface area contributed by atoms with E-state index in [2.05, 4.69) is 5.32 Å². The molecule has 7 heteroatoms. The Bertz CT molecular complexity index is 640. The highest BCUT2D eigenvalue weighted by Crippen LogP contribution is 2.27. The van der Waals surface area contributed by atoms with Gasteiger partial charge in [0.15, 0.2) is 12.4 Å². The van der Waals surface area contributed by atoms with Crippen molar-refractivity contribution in [2.75, 3.05) is 17.7 Å². The molecule has 0 saturated heterocycles. The fourth-order valence-corrected chi connectivity index (χ4v) is 2.02. The first-order valence-corrected chi connectivity index (χ1v) is 6.64. The number of nitrogens with one attached hydrogen (secondary N) is 1. The van der Waals surface area contributed by atoms with E-state index in [1.165, 1.54) is 12.1 Å². The summed E-state index contributed by atoms with van der Waals surface area (Å²) in [6, 6.07) is 9.15. The second-order valence-corrected chi connectivity index (χ2v) is 4.97. The first kappa shape index (κ1) is 15.4.